The Morgan fingerprint density at radius 3 is 2.62 bits per heavy atom. The molecular formula is C26H41N5O6S2. The molecule has 39 heavy (non-hydrogen) atoms. The van der Waals surface area contributed by atoms with Crippen LogP contribution in [-0.2, 0) is 25.7 Å². The molecule has 2 heterocycles. The molecule has 218 valence electrons. The van der Waals surface area contributed by atoms with E-state index >= 15 is 0 Å². The van der Waals surface area contributed by atoms with Gasteiger partial charge in [-0.3, -0.25) is 14.4 Å². The van der Waals surface area contributed by atoms with E-state index in [1.807, 2.05) is 13.8 Å². The summed E-state index contributed by atoms with van der Waals surface area (Å²) in [4.78, 5) is 55.8. The number of nitrogens with two attached hydrogens (primary N) is 1. The molecule has 1 aliphatic heterocycles. The second kappa shape index (κ2) is 14.7. The maximum Gasteiger partial charge on any atom is 0.329 e. The van der Waals surface area contributed by atoms with Gasteiger partial charge in [0.2, 0.25) is 11.8 Å². The summed E-state index contributed by atoms with van der Waals surface area (Å²) < 4.78 is 5.68. The zero-order valence-corrected chi connectivity index (χ0v) is 25.0. The third kappa shape index (κ3) is 10.1. The number of allylic oxidation sites excluding steroid dienone is 1. The van der Waals surface area contributed by atoms with Crippen molar-refractivity contribution in [1.29, 1.82) is 0 Å². The number of ether oxygens (including phenoxy) is 1. The van der Waals surface area contributed by atoms with Crippen LogP contribution >= 0.6 is 22.7 Å². The zero-order valence-electron chi connectivity index (χ0n) is 23.3. The highest BCUT2D eigenvalue weighted by Crippen LogP contribution is 2.15. The number of amides is 3. The standard InChI is InChI=1S/C26H41N5O6S2/c1-14(2)20(27)24(35)38-10-8-7-9-16-11-18(32)28-12-19-29-17(13-39-19)22(33)31-26(5,6)25(36)30-21(15(3)4)23(34)37-16/h7,9,13-16,20-21,35,38H,8,10-12,27H2,1-6H3,(H,28,32)(H,30,36)(H,31,33)/b9-7+/t16-,20+,21+/m1/s1. The van der Waals surface area contributed by atoms with Crippen LogP contribution in [0.1, 0.15) is 69.9 Å². The third-order valence-electron chi connectivity index (χ3n) is 6.01. The minimum absolute atomic E-state index is 0.101. The predicted octanol–water partition coefficient (Wildman–Crippen LogP) is 1.81. The number of carbonyl (C=O) groups is 4. The first-order valence-electron chi connectivity index (χ1n) is 12.9. The Morgan fingerprint density at radius 2 is 1.97 bits per heavy atom. The highest BCUT2D eigenvalue weighted by Gasteiger charge is 2.36. The van der Waals surface area contributed by atoms with Gasteiger partial charge in [-0.1, -0.05) is 33.8 Å². The van der Waals surface area contributed by atoms with Crippen LogP contribution in [0.5, 0.6) is 0 Å². The summed E-state index contributed by atoms with van der Waals surface area (Å²) in [5, 5.41) is 20.5. The normalized spacial score (nSPS) is 22.7. The van der Waals surface area contributed by atoms with E-state index in [2.05, 4.69) is 20.9 Å². The minimum Gasteiger partial charge on any atom is -0.456 e. The maximum atomic E-state index is 13.1. The number of carbonyl (C=O) groups excluding carboxylic acids is 4. The first-order chi connectivity index (χ1) is 18.2. The molecule has 1 aliphatic rings. The van der Waals surface area contributed by atoms with Crippen LogP contribution < -0.4 is 21.7 Å². The number of rotatable bonds is 7. The molecule has 0 aromatic carbocycles. The van der Waals surface area contributed by atoms with Gasteiger partial charge in [0.05, 0.1) is 24.1 Å². The van der Waals surface area contributed by atoms with Gasteiger partial charge in [0, 0.05) is 5.38 Å². The molecule has 0 saturated heterocycles. The zero-order chi connectivity index (χ0) is 29.3. The Bertz CT molecular complexity index is 1100. The molecule has 2 bridgehead atoms. The van der Waals surface area contributed by atoms with Gasteiger partial charge in [0.15, 0.2) is 0 Å². The minimum atomic E-state index is -1.33. The van der Waals surface area contributed by atoms with E-state index in [4.69, 9.17) is 10.5 Å². The first kappa shape index (κ1) is 32.6. The second-order valence-corrected chi connectivity index (χ2v) is 12.7. The van der Waals surface area contributed by atoms with Gasteiger partial charge >= 0.3 is 5.97 Å². The Kier molecular flexibility index (Phi) is 12.3. The number of nitrogens with one attached hydrogen (secondary N) is 3. The molecule has 6 N–H and O–H groups in total. The second-order valence-electron chi connectivity index (χ2n) is 10.6. The smallest absolute Gasteiger partial charge is 0.329 e. The SMILES string of the molecule is CC(C)[C@@H]1NC(=O)C(C)(C)NC(=O)c2csc(n2)CNC(=O)C[C@@H](/C=C/CC/[SH]=C(/O)[C@@H](N)C(C)C)OC1=O. The van der Waals surface area contributed by atoms with E-state index < -0.39 is 41.5 Å². The van der Waals surface area contributed by atoms with E-state index in [9.17, 15) is 24.3 Å². The van der Waals surface area contributed by atoms with Crippen molar-refractivity contribution in [1.82, 2.24) is 20.9 Å². The Labute approximate surface area is 237 Å². The van der Waals surface area contributed by atoms with Crippen LogP contribution in [0, 0.1) is 11.8 Å². The molecule has 3 atom stereocenters. The fourth-order valence-electron chi connectivity index (χ4n) is 3.43. The fourth-order valence-corrected chi connectivity index (χ4v) is 5.16. The van der Waals surface area contributed by atoms with Crippen LogP contribution in [0.25, 0.3) is 0 Å². The molecule has 13 heteroatoms. The summed E-state index contributed by atoms with van der Waals surface area (Å²) in [6.07, 6.45) is 2.97. The molecule has 11 nitrogen and oxygen atoms in total. The van der Waals surface area contributed by atoms with E-state index in [-0.39, 0.29) is 41.5 Å². The lowest BCUT2D eigenvalue weighted by atomic mass is 9.99. The lowest BCUT2D eigenvalue weighted by molar-refractivity contribution is -0.153. The third-order valence-corrected chi connectivity index (χ3v) is 7.97. The molecule has 3 amide bonds. The van der Waals surface area contributed by atoms with Crippen molar-refractivity contribution in [2.45, 2.75) is 84.7 Å². The molecule has 0 radical (unpaired) electrons. The van der Waals surface area contributed by atoms with Crippen molar-refractivity contribution >= 4 is 51.4 Å². The van der Waals surface area contributed by atoms with Crippen molar-refractivity contribution in [3.63, 3.8) is 0 Å². The molecule has 0 spiro atoms. The monoisotopic (exact) mass is 583 g/mol. The van der Waals surface area contributed by atoms with Gasteiger partial charge in [-0.05, 0) is 43.9 Å². The number of hydrogen-bond acceptors (Lipinski definition) is 8. The number of nitrogens with zero attached hydrogens (tertiary/aromatic N) is 1. The lowest BCUT2D eigenvalue weighted by Gasteiger charge is -2.29. The van der Waals surface area contributed by atoms with Gasteiger partial charge in [0.25, 0.3) is 5.91 Å². The number of thiazole rings is 1. The number of fused-ring (bicyclic) bond motifs is 2. The number of thiol groups is 1. The van der Waals surface area contributed by atoms with Crippen molar-refractivity contribution in [2.75, 3.05) is 5.75 Å². The summed E-state index contributed by atoms with van der Waals surface area (Å²) >= 11 is 1.92. The molecule has 0 unspecified atom stereocenters. The summed E-state index contributed by atoms with van der Waals surface area (Å²) in [6, 6.07) is -1.40. The Balaban J connectivity index is 2.25. The Morgan fingerprint density at radius 1 is 1.28 bits per heavy atom. The van der Waals surface area contributed by atoms with Crippen LogP contribution in [0.2, 0.25) is 0 Å². The Hall–Kier alpha value is -2.61. The summed E-state index contributed by atoms with van der Waals surface area (Å²) in [7, 11) is 0. The largest absolute Gasteiger partial charge is 0.456 e. The molecule has 0 aliphatic carbocycles. The number of aromatic nitrogens is 1. The van der Waals surface area contributed by atoms with E-state index in [0.29, 0.717) is 28.5 Å². The van der Waals surface area contributed by atoms with Gasteiger partial charge < -0.3 is 31.5 Å². The van der Waals surface area contributed by atoms with Gasteiger partial charge in [-0.25, -0.2) is 9.78 Å². The van der Waals surface area contributed by atoms with Crippen LogP contribution in [-0.4, -0.2) is 68.3 Å². The van der Waals surface area contributed by atoms with Crippen molar-refractivity contribution in [2.24, 2.45) is 17.6 Å². The molecule has 0 fully saturated rings. The molecule has 0 saturated carbocycles. The molecule has 1 aromatic rings. The fraction of sp³-hybridized carbons (Fsp3) is 0.615. The van der Waals surface area contributed by atoms with Gasteiger partial charge in [-0.15, -0.1) is 11.3 Å². The number of cyclic esters (lactones) is 1. The van der Waals surface area contributed by atoms with Crippen molar-refractivity contribution < 1.29 is 29.0 Å². The molecule has 1 aromatic heterocycles. The number of aliphatic hydroxyl groups excluding tert-OH is 1. The summed E-state index contributed by atoms with van der Waals surface area (Å²) in [5.41, 5.74) is 4.76. The summed E-state index contributed by atoms with van der Waals surface area (Å²) in [5.74, 6) is -1.76. The highest BCUT2D eigenvalue weighted by atomic mass is 32.1. The van der Waals surface area contributed by atoms with E-state index in [1.54, 1.807) is 31.4 Å². The molecular weight excluding hydrogens is 542 g/mol. The lowest BCUT2D eigenvalue weighted by Crippen LogP contribution is -2.59. The quantitative estimate of drug-likeness (QED) is 0.0927. The van der Waals surface area contributed by atoms with Crippen LogP contribution in [0.4, 0.5) is 0 Å². The average Bonchev–Trinajstić information content (AvgIpc) is 3.33. The van der Waals surface area contributed by atoms with E-state index in [0.717, 1.165) is 0 Å². The topological polar surface area (TPSA) is 173 Å². The van der Waals surface area contributed by atoms with E-state index in [1.165, 1.54) is 25.2 Å². The van der Waals surface area contributed by atoms with Crippen molar-refractivity contribution in [3.8, 4) is 0 Å². The average molecular weight is 584 g/mol. The maximum absolute atomic E-state index is 13.1. The summed E-state index contributed by atoms with van der Waals surface area (Å²) in [6.45, 7) is 10.6. The van der Waals surface area contributed by atoms with Gasteiger partial charge in [-0.2, -0.15) is 11.4 Å². The number of aliphatic hydroxyl groups is 1. The molecule has 2 rings (SSSR count). The van der Waals surface area contributed by atoms with Gasteiger partial charge in [0.1, 0.15) is 28.4 Å². The number of esters is 1. The predicted molar refractivity (Wildman–Crippen MR) is 155 cm³/mol. The van der Waals surface area contributed by atoms with Crippen LogP contribution in [0.15, 0.2) is 17.5 Å². The number of hydrogen-bond donors (Lipinski definition) is 6. The first-order valence-corrected chi connectivity index (χ1v) is 14.9. The van der Waals surface area contributed by atoms with Crippen molar-refractivity contribution in [3.05, 3.63) is 28.2 Å². The van der Waals surface area contributed by atoms with Crippen LogP contribution in [0.3, 0.4) is 0 Å². The highest BCUT2D eigenvalue weighted by molar-refractivity contribution is 7.98.